The minimum atomic E-state index is -0.211. The van der Waals surface area contributed by atoms with E-state index in [2.05, 4.69) is 15.7 Å². The third-order valence-corrected chi connectivity index (χ3v) is 6.10. The van der Waals surface area contributed by atoms with Crippen LogP contribution in [-0.2, 0) is 10.3 Å². The number of carbonyl (C=O) groups excluding carboxylic acids is 1. The summed E-state index contributed by atoms with van der Waals surface area (Å²) in [6.07, 6.45) is 8.32. The first kappa shape index (κ1) is 15.0. The normalized spacial score (nSPS) is 28.5. The Kier molecular flexibility index (Phi) is 4.31. The number of rotatable bonds is 3. The smallest absolute Gasteiger partial charge is 0.223 e. The predicted molar refractivity (Wildman–Crippen MR) is 85.1 cm³/mol. The molecule has 5 heteroatoms. The van der Waals surface area contributed by atoms with E-state index in [1.807, 2.05) is 6.92 Å². The summed E-state index contributed by atoms with van der Waals surface area (Å²) in [5.41, 5.74) is 6.87. The van der Waals surface area contributed by atoms with E-state index in [-0.39, 0.29) is 23.4 Å². The van der Waals surface area contributed by atoms with Crippen LogP contribution in [0.1, 0.15) is 62.1 Å². The highest BCUT2D eigenvalue weighted by Gasteiger charge is 2.41. The molecule has 0 bridgehead atoms. The number of aromatic nitrogens is 1. The van der Waals surface area contributed by atoms with Gasteiger partial charge in [0.1, 0.15) is 5.01 Å². The largest absolute Gasteiger partial charge is 0.344 e. The van der Waals surface area contributed by atoms with Crippen LogP contribution < -0.4 is 11.1 Å². The van der Waals surface area contributed by atoms with Gasteiger partial charge in [-0.3, -0.25) is 4.79 Å². The summed E-state index contributed by atoms with van der Waals surface area (Å²) in [4.78, 5) is 17.4. The van der Waals surface area contributed by atoms with Crippen molar-refractivity contribution in [2.24, 2.45) is 11.7 Å². The standard InChI is InChI=1S/C16H25N3OS/c1-11-10-21-15(18-11)16(7-2-3-8-16)19-14(20)12-5-4-6-13(17)9-12/h10,12-13H,2-9,17H2,1H3,(H,19,20). The van der Waals surface area contributed by atoms with Gasteiger partial charge in [0.05, 0.1) is 5.54 Å². The van der Waals surface area contributed by atoms with E-state index in [0.717, 1.165) is 49.2 Å². The van der Waals surface area contributed by atoms with Gasteiger partial charge >= 0.3 is 0 Å². The Morgan fingerprint density at radius 3 is 2.76 bits per heavy atom. The van der Waals surface area contributed by atoms with Crippen molar-refractivity contribution in [2.45, 2.75) is 69.9 Å². The molecule has 0 aliphatic heterocycles. The first-order valence-electron chi connectivity index (χ1n) is 8.09. The van der Waals surface area contributed by atoms with Gasteiger partial charge in [0.15, 0.2) is 0 Å². The average molecular weight is 307 g/mol. The second-order valence-electron chi connectivity index (χ2n) is 6.70. The number of nitrogens with zero attached hydrogens (tertiary/aromatic N) is 1. The van der Waals surface area contributed by atoms with Crippen LogP contribution in [-0.4, -0.2) is 16.9 Å². The molecular weight excluding hydrogens is 282 g/mol. The number of carbonyl (C=O) groups is 1. The lowest BCUT2D eigenvalue weighted by Gasteiger charge is -2.32. The zero-order chi connectivity index (χ0) is 14.9. The molecular formula is C16H25N3OS. The van der Waals surface area contributed by atoms with E-state index < -0.39 is 0 Å². The van der Waals surface area contributed by atoms with E-state index in [4.69, 9.17) is 5.73 Å². The lowest BCUT2D eigenvalue weighted by atomic mass is 9.84. The molecule has 0 spiro atoms. The summed E-state index contributed by atoms with van der Waals surface area (Å²) < 4.78 is 0. The fourth-order valence-electron chi connectivity index (χ4n) is 3.75. The van der Waals surface area contributed by atoms with Gasteiger partial charge in [-0.05, 0) is 39.0 Å². The molecule has 0 aromatic carbocycles. The molecule has 2 atom stereocenters. The Morgan fingerprint density at radius 2 is 2.14 bits per heavy atom. The fraction of sp³-hybridized carbons (Fsp3) is 0.750. The monoisotopic (exact) mass is 307 g/mol. The number of aryl methyl sites for hydroxylation is 1. The lowest BCUT2D eigenvalue weighted by Crippen LogP contribution is -2.48. The summed E-state index contributed by atoms with van der Waals surface area (Å²) >= 11 is 1.68. The zero-order valence-corrected chi connectivity index (χ0v) is 13.5. The van der Waals surface area contributed by atoms with Gasteiger partial charge in [-0.15, -0.1) is 11.3 Å². The van der Waals surface area contributed by atoms with Gasteiger partial charge < -0.3 is 11.1 Å². The van der Waals surface area contributed by atoms with Crippen LogP contribution in [0.2, 0.25) is 0 Å². The van der Waals surface area contributed by atoms with Crippen molar-refractivity contribution in [1.29, 1.82) is 0 Å². The summed E-state index contributed by atoms with van der Waals surface area (Å²) in [6, 6.07) is 0.191. The van der Waals surface area contributed by atoms with E-state index in [1.165, 1.54) is 12.8 Å². The Bertz CT molecular complexity index is 507. The van der Waals surface area contributed by atoms with Crippen molar-refractivity contribution < 1.29 is 4.79 Å². The van der Waals surface area contributed by atoms with Gasteiger partial charge in [-0.1, -0.05) is 19.3 Å². The highest BCUT2D eigenvalue weighted by Crippen LogP contribution is 2.40. The summed E-state index contributed by atoms with van der Waals surface area (Å²) in [5.74, 6) is 0.284. The minimum Gasteiger partial charge on any atom is -0.344 e. The van der Waals surface area contributed by atoms with Crippen LogP contribution in [0.3, 0.4) is 0 Å². The molecule has 1 aromatic rings. The van der Waals surface area contributed by atoms with Crippen LogP contribution >= 0.6 is 11.3 Å². The molecule has 21 heavy (non-hydrogen) atoms. The number of nitrogens with two attached hydrogens (primary N) is 1. The Labute approximate surface area is 130 Å². The molecule has 0 radical (unpaired) electrons. The molecule has 3 rings (SSSR count). The molecule has 4 nitrogen and oxygen atoms in total. The maximum absolute atomic E-state index is 12.7. The van der Waals surface area contributed by atoms with E-state index in [9.17, 15) is 4.79 Å². The molecule has 1 heterocycles. The molecule has 1 amide bonds. The Morgan fingerprint density at radius 1 is 1.38 bits per heavy atom. The molecule has 0 saturated heterocycles. The third kappa shape index (κ3) is 3.14. The third-order valence-electron chi connectivity index (χ3n) is 4.93. The number of hydrogen-bond donors (Lipinski definition) is 2. The Hall–Kier alpha value is -0.940. The summed E-state index contributed by atoms with van der Waals surface area (Å²) in [5, 5.41) is 6.54. The van der Waals surface area contributed by atoms with Crippen molar-refractivity contribution >= 4 is 17.2 Å². The maximum Gasteiger partial charge on any atom is 0.223 e. The number of amides is 1. The van der Waals surface area contributed by atoms with E-state index in [0.29, 0.717) is 0 Å². The summed E-state index contributed by atoms with van der Waals surface area (Å²) in [6.45, 7) is 2.02. The Balaban J connectivity index is 1.75. The van der Waals surface area contributed by atoms with Crippen LogP contribution in [0.4, 0.5) is 0 Å². The molecule has 2 saturated carbocycles. The first-order valence-corrected chi connectivity index (χ1v) is 8.97. The highest BCUT2D eigenvalue weighted by molar-refractivity contribution is 7.09. The van der Waals surface area contributed by atoms with Crippen LogP contribution in [0.15, 0.2) is 5.38 Å². The molecule has 2 fully saturated rings. The van der Waals surface area contributed by atoms with Crippen molar-refractivity contribution in [3.63, 3.8) is 0 Å². The lowest BCUT2D eigenvalue weighted by molar-refractivity contribution is -0.128. The molecule has 3 N–H and O–H groups in total. The molecule has 116 valence electrons. The number of hydrogen-bond acceptors (Lipinski definition) is 4. The quantitative estimate of drug-likeness (QED) is 0.902. The van der Waals surface area contributed by atoms with Crippen LogP contribution in [0, 0.1) is 12.8 Å². The number of thiazole rings is 1. The van der Waals surface area contributed by atoms with Crippen molar-refractivity contribution in [3.8, 4) is 0 Å². The van der Waals surface area contributed by atoms with Crippen LogP contribution in [0.25, 0.3) is 0 Å². The van der Waals surface area contributed by atoms with Gasteiger partial charge in [-0.2, -0.15) is 0 Å². The van der Waals surface area contributed by atoms with Crippen molar-refractivity contribution in [2.75, 3.05) is 0 Å². The number of nitrogens with one attached hydrogen (secondary N) is 1. The second-order valence-corrected chi connectivity index (χ2v) is 7.55. The van der Waals surface area contributed by atoms with Gasteiger partial charge in [0, 0.05) is 23.0 Å². The topological polar surface area (TPSA) is 68.0 Å². The van der Waals surface area contributed by atoms with Crippen molar-refractivity contribution in [3.05, 3.63) is 16.1 Å². The second kappa shape index (κ2) is 6.05. The van der Waals surface area contributed by atoms with E-state index in [1.54, 1.807) is 11.3 Å². The predicted octanol–water partition coefficient (Wildman–Crippen LogP) is 2.85. The SMILES string of the molecule is Cc1csc(C2(NC(=O)C3CCCC(N)C3)CCCC2)n1. The van der Waals surface area contributed by atoms with E-state index >= 15 is 0 Å². The zero-order valence-electron chi connectivity index (χ0n) is 12.7. The maximum atomic E-state index is 12.7. The molecule has 2 aliphatic rings. The molecule has 2 unspecified atom stereocenters. The summed E-state index contributed by atoms with van der Waals surface area (Å²) in [7, 11) is 0. The van der Waals surface area contributed by atoms with Gasteiger partial charge in [0.2, 0.25) is 5.91 Å². The minimum absolute atomic E-state index is 0.0901. The average Bonchev–Trinajstić information content (AvgIpc) is 3.09. The molecule has 2 aliphatic carbocycles. The van der Waals surface area contributed by atoms with Gasteiger partial charge in [0.25, 0.3) is 0 Å². The fourth-order valence-corrected chi connectivity index (χ4v) is 4.76. The van der Waals surface area contributed by atoms with Gasteiger partial charge in [-0.25, -0.2) is 4.98 Å². The van der Waals surface area contributed by atoms with Crippen LogP contribution in [0.5, 0.6) is 0 Å². The first-order chi connectivity index (χ1) is 10.1. The van der Waals surface area contributed by atoms with Crippen molar-refractivity contribution in [1.82, 2.24) is 10.3 Å². The highest BCUT2D eigenvalue weighted by atomic mass is 32.1. The molecule has 1 aromatic heterocycles.